The zero-order valence-electron chi connectivity index (χ0n) is 13.2. The van der Waals surface area contributed by atoms with E-state index in [1.54, 1.807) is 0 Å². The van der Waals surface area contributed by atoms with Crippen LogP contribution in [0.2, 0.25) is 0 Å². The SMILES string of the molecule is CC1CC(Nc2ccc(N3CCCCC3)nc2)CC(C)O1. The molecule has 0 aliphatic carbocycles. The Balaban J connectivity index is 1.59. The molecule has 3 rings (SSSR count). The molecule has 0 radical (unpaired) electrons. The molecular weight excluding hydrogens is 262 g/mol. The van der Waals surface area contributed by atoms with Crippen LogP contribution >= 0.6 is 0 Å². The highest BCUT2D eigenvalue weighted by molar-refractivity contribution is 5.49. The summed E-state index contributed by atoms with van der Waals surface area (Å²) >= 11 is 0. The molecule has 2 aliphatic heterocycles. The van der Waals surface area contributed by atoms with Crippen molar-refractivity contribution in [3.63, 3.8) is 0 Å². The molecule has 2 fully saturated rings. The van der Waals surface area contributed by atoms with Gasteiger partial charge in [0.1, 0.15) is 5.82 Å². The largest absolute Gasteiger partial charge is 0.381 e. The first-order valence-corrected chi connectivity index (χ1v) is 8.34. The van der Waals surface area contributed by atoms with E-state index < -0.39 is 0 Å². The lowest BCUT2D eigenvalue weighted by atomic mass is 10.00. The van der Waals surface area contributed by atoms with Crippen LogP contribution in [-0.4, -0.2) is 36.3 Å². The van der Waals surface area contributed by atoms with E-state index in [0.717, 1.165) is 37.4 Å². The molecule has 116 valence electrons. The monoisotopic (exact) mass is 289 g/mol. The predicted molar refractivity (Wildman–Crippen MR) is 87.0 cm³/mol. The molecule has 0 amide bonds. The van der Waals surface area contributed by atoms with Crippen LogP contribution in [0.1, 0.15) is 46.0 Å². The Morgan fingerprint density at radius 2 is 1.81 bits per heavy atom. The normalized spacial score (nSPS) is 30.2. The molecule has 1 aromatic heterocycles. The van der Waals surface area contributed by atoms with Crippen molar-refractivity contribution in [3.8, 4) is 0 Å². The van der Waals surface area contributed by atoms with E-state index >= 15 is 0 Å². The molecule has 2 aliphatic rings. The topological polar surface area (TPSA) is 37.4 Å². The fourth-order valence-corrected chi connectivity index (χ4v) is 3.54. The van der Waals surface area contributed by atoms with E-state index in [1.165, 1.54) is 19.3 Å². The molecule has 1 aromatic rings. The maximum absolute atomic E-state index is 5.79. The van der Waals surface area contributed by atoms with E-state index in [-0.39, 0.29) is 0 Å². The molecule has 1 N–H and O–H groups in total. The quantitative estimate of drug-likeness (QED) is 0.925. The second-order valence-electron chi connectivity index (χ2n) is 6.52. The van der Waals surface area contributed by atoms with Crippen LogP contribution in [0.15, 0.2) is 18.3 Å². The summed E-state index contributed by atoms with van der Waals surface area (Å²) in [7, 11) is 0. The highest BCUT2D eigenvalue weighted by atomic mass is 16.5. The standard InChI is InChI=1S/C17H27N3O/c1-13-10-16(11-14(2)21-13)19-15-6-7-17(18-12-15)20-8-4-3-5-9-20/h6-7,12-14,16,19H,3-5,8-11H2,1-2H3. The van der Waals surface area contributed by atoms with E-state index in [2.05, 4.69) is 41.2 Å². The lowest BCUT2D eigenvalue weighted by molar-refractivity contribution is -0.0337. The molecule has 0 spiro atoms. The first-order valence-electron chi connectivity index (χ1n) is 8.34. The first-order chi connectivity index (χ1) is 10.2. The fraction of sp³-hybridized carbons (Fsp3) is 0.706. The number of nitrogens with zero attached hydrogens (tertiary/aromatic N) is 2. The zero-order chi connectivity index (χ0) is 14.7. The molecular formula is C17H27N3O. The lowest BCUT2D eigenvalue weighted by Crippen LogP contribution is -2.37. The molecule has 2 saturated heterocycles. The van der Waals surface area contributed by atoms with E-state index in [1.807, 2.05) is 6.20 Å². The van der Waals surface area contributed by atoms with E-state index in [9.17, 15) is 0 Å². The van der Waals surface area contributed by atoms with Crippen LogP contribution in [0.3, 0.4) is 0 Å². The van der Waals surface area contributed by atoms with Gasteiger partial charge in [-0.2, -0.15) is 0 Å². The van der Waals surface area contributed by atoms with Crippen molar-refractivity contribution in [1.82, 2.24) is 4.98 Å². The van der Waals surface area contributed by atoms with Gasteiger partial charge in [0.2, 0.25) is 0 Å². The van der Waals surface area contributed by atoms with Crippen LogP contribution in [0.5, 0.6) is 0 Å². The average molecular weight is 289 g/mol. The molecule has 21 heavy (non-hydrogen) atoms. The maximum Gasteiger partial charge on any atom is 0.128 e. The molecule has 0 bridgehead atoms. The van der Waals surface area contributed by atoms with Gasteiger partial charge < -0.3 is 15.0 Å². The number of aromatic nitrogens is 1. The van der Waals surface area contributed by atoms with Crippen molar-refractivity contribution in [2.45, 2.75) is 64.2 Å². The Hall–Kier alpha value is -1.29. The van der Waals surface area contributed by atoms with Gasteiger partial charge >= 0.3 is 0 Å². The highest BCUT2D eigenvalue weighted by Crippen LogP contribution is 2.24. The van der Waals surface area contributed by atoms with Gasteiger partial charge in [0.25, 0.3) is 0 Å². The second kappa shape index (κ2) is 6.65. The van der Waals surface area contributed by atoms with Crippen molar-refractivity contribution < 1.29 is 4.74 Å². The zero-order valence-corrected chi connectivity index (χ0v) is 13.2. The van der Waals surface area contributed by atoms with Crippen molar-refractivity contribution in [2.75, 3.05) is 23.3 Å². The van der Waals surface area contributed by atoms with Gasteiger partial charge in [0, 0.05) is 19.1 Å². The molecule has 4 nitrogen and oxygen atoms in total. The summed E-state index contributed by atoms with van der Waals surface area (Å²) < 4.78 is 5.79. The summed E-state index contributed by atoms with van der Waals surface area (Å²) in [6, 6.07) is 4.81. The Morgan fingerprint density at radius 1 is 1.10 bits per heavy atom. The van der Waals surface area contributed by atoms with Crippen LogP contribution in [0.4, 0.5) is 11.5 Å². The van der Waals surface area contributed by atoms with Crippen LogP contribution in [-0.2, 0) is 4.74 Å². The van der Waals surface area contributed by atoms with Gasteiger partial charge in [0.05, 0.1) is 24.1 Å². The first kappa shape index (κ1) is 14.6. The number of piperidine rings is 1. The Morgan fingerprint density at radius 3 is 2.43 bits per heavy atom. The summed E-state index contributed by atoms with van der Waals surface area (Å²) in [4.78, 5) is 7.03. The van der Waals surface area contributed by atoms with Crippen molar-refractivity contribution >= 4 is 11.5 Å². The minimum atomic E-state index is 0.340. The van der Waals surface area contributed by atoms with Gasteiger partial charge in [0.15, 0.2) is 0 Å². The minimum absolute atomic E-state index is 0.340. The number of pyridine rings is 1. The van der Waals surface area contributed by atoms with Gasteiger partial charge in [-0.1, -0.05) is 0 Å². The van der Waals surface area contributed by atoms with Crippen molar-refractivity contribution in [3.05, 3.63) is 18.3 Å². The van der Waals surface area contributed by atoms with Gasteiger partial charge in [-0.15, -0.1) is 0 Å². The third-order valence-electron chi connectivity index (χ3n) is 4.50. The molecule has 0 aromatic carbocycles. The van der Waals surface area contributed by atoms with Crippen molar-refractivity contribution in [2.24, 2.45) is 0 Å². The number of hydrogen-bond donors (Lipinski definition) is 1. The highest BCUT2D eigenvalue weighted by Gasteiger charge is 2.24. The average Bonchev–Trinajstić information content (AvgIpc) is 2.48. The summed E-state index contributed by atoms with van der Waals surface area (Å²) in [5.74, 6) is 1.12. The number of nitrogens with one attached hydrogen (secondary N) is 1. The van der Waals surface area contributed by atoms with E-state index in [0.29, 0.717) is 18.2 Å². The number of ether oxygens (including phenoxy) is 1. The smallest absolute Gasteiger partial charge is 0.128 e. The molecule has 2 unspecified atom stereocenters. The second-order valence-corrected chi connectivity index (χ2v) is 6.52. The summed E-state index contributed by atoms with van der Waals surface area (Å²) in [6.07, 6.45) is 8.74. The molecule has 0 saturated carbocycles. The molecule has 2 atom stereocenters. The van der Waals surface area contributed by atoms with Crippen LogP contribution < -0.4 is 10.2 Å². The number of hydrogen-bond acceptors (Lipinski definition) is 4. The summed E-state index contributed by atoms with van der Waals surface area (Å²) in [5.41, 5.74) is 1.13. The summed E-state index contributed by atoms with van der Waals surface area (Å²) in [6.45, 7) is 6.60. The fourth-order valence-electron chi connectivity index (χ4n) is 3.54. The Labute approximate surface area is 127 Å². The van der Waals surface area contributed by atoms with Crippen LogP contribution in [0, 0.1) is 0 Å². The lowest BCUT2D eigenvalue weighted by Gasteiger charge is -2.33. The van der Waals surface area contributed by atoms with Gasteiger partial charge in [-0.05, 0) is 58.1 Å². The summed E-state index contributed by atoms with van der Waals surface area (Å²) in [5, 5.41) is 3.61. The molecule has 4 heteroatoms. The Bertz CT molecular complexity index is 432. The van der Waals surface area contributed by atoms with Gasteiger partial charge in [-0.3, -0.25) is 0 Å². The maximum atomic E-state index is 5.79. The Kier molecular flexibility index (Phi) is 4.63. The van der Waals surface area contributed by atoms with Crippen molar-refractivity contribution in [1.29, 1.82) is 0 Å². The number of anilines is 2. The third-order valence-corrected chi connectivity index (χ3v) is 4.50. The van der Waals surface area contributed by atoms with Crippen LogP contribution in [0.25, 0.3) is 0 Å². The minimum Gasteiger partial charge on any atom is -0.381 e. The molecule has 3 heterocycles. The van der Waals surface area contributed by atoms with Gasteiger partial charge in [-0.25, -0.2) is 4.98 Å². The third kappa shape index (κ3) is 3.88. The predicted octanol–water partition coefficient (Wildman–Crippen LogP) is 3.44. The number of rotatable bonds is 3. The van der Waals surface area contributed by atoms with E-state index in [4.69, 9.17) is 4.74 Å².